The Balaban J connectivity index is 2.91. The number of carbonyl (C=O) groups is 1. The van der Waals surface area contributed by atoms with Gasteiger partial charge in [0.05, 0.1) is 0 Å². The van der Waals surface area contributed by atoms with Crippen molar-refractivity contribution in [1.82, 2.24) is 0 Å². The Morgan fingerprint density at radius 1 is 1.29 bits per heavy atom. The van der Waals surface area contributed by atoms with E-state index in [0.717, 1.165) is 25.7 Å². The molecule has 1 saturated heterocycles. The van der Waals surface area contributed by atoms with Crippen LogP contribution in [0.15, 0.2) is 0 Å². The molecular weight excluding hydrogens is 184 g/mol. The van der Waals surface area contributed by atoms with E-state index in [0.29, 0.717) is 0 Å². The molecule has 0 bridgehead atoms. The zero-order valence-electron chi connectivity index (χ0n) is 9.00. The summed E-state index contributed by atoms with van der Waals surface area (Å²) in [6.07, 6.45) is 3.25. The Labute approximate surface area is 84.1 Å². The van der Waals surface area contributed by atoms with Crippen molar-refractivity contribution in [3.63, 3.8) is 0 Å². The summed E-state index contributed by atoms with van der Waals surface area (Å²) >= 11 is 0. The number of carboxylic acid groups (broad SMARTS) is 1. The molecule has 0 aromatic heterocycles. The summed E-state index contributed by atoms with van der Waals surface area (Å²) in [4.78, 5) is 20.6. The molecule has 0 aromatic carbocycles. The Hall–Kier alpha value is -0.610. The highest BCUT2D eigenvalue weighted by atomic mass is 17.4. The smallest absolute Gasteiger partial charge is 0.370 e. The van der Waals surface area contributed by atoms with Crippen LogP contribution in [-0.4, -0.2) is 16.9 Å². The highest BCUT2D eigenvalue weighted by molar-refractivity contribution is 5.78. The summed E-state index contributed by atoms with van der Waals surface area (Å²) in [6, 6.07) is 0. The van der Waals surface area contributed by atoms with Crippen LogP contribution in [0.5, 0.6) is 0 Å². The molecule has 0 spiro atoms. The van der Waals surface area contributed by atoms with Crippen molar-refractivity contribution in [3.8, 4) is 0 Å². The molecule has 1 fully saturated rings. The van der Waals surface area contributed by atoms with Gasteiger partial charge < -0.3 is 5.11 Å². The highest BCUT2D eigenvalue weighted by Gasteiger charge is 2.69. The van der Waals surface area contributed by atoms with Crippen molar-refractivity contribution in [2.24, 2.45) is 5.41 Å². The van der Waals surface area contributed by atoms with Crippen molar-refractivity contribution in [2.75, 3.05) is 0 Å². The largest absolute Gasteiger partial charge is 0.477 e. The Morgan fingerprint density at radius 3 is 2.00 bits per heavy atom. The third kappa shape index (κ3) is 1.42. The zero-order valence-corrected chi connectivity index (χ0v) is 9.00. The molecule has 1 N–H and O–H groups in total. The minimum absolute atomic E-state index is 0.381. The van der Waals surface area contributed by atoms with E-state index in [1.807, 2.05) is 20.8 Å². The lowest BCUT2D eigenvalue weighted by atomic mass is 9.72. The van der Waals surface area contributed by atoms with Crippen LogP contribution in [0.2, 0.25) is 0 Å². The van der Waals surface area contributed by atoms with Crippen LogP contribution >= 0.6 is 0 Å². The lowest BCUT2D eigenvalue weighted by molar-refractivity contribution is -0.151. The molecule has 0 aliphatic carbocycles. The van der Waals surface area contributed by atoms with E-state index < -0.39 is 11.8 Å². The van der Waals surface area contributed by atoms with E-state index in [-0.39, 0.29) is 5.41 Å². The molecule has 1 aliphatic rings. The fourth-order valence-corrected chi connectivity index (χ4v) is 2.23. The third-order valence-electron chi connectivity index (χ3n) is 3.31. The van der Waals surface area contributed by atoms with Crippen molar-refractivity contribution in [3.05, 3.63) is 0 Å². The minimum Gasteiger partial charge on any atom is -0.477 e. The Kier molecular flexibility index (Phi) is 3.17. The van der Waals surface area contributed by atoms with Gasteiger partial charge in [-0.1, -0.05) is 27.2 Å². The first kappa shape index (κ1) is 11.5. The topological polar surface area (TPSA) is 62.4 Å². The molecule has 0 atom stereocenters. The first-order chi connectivity index (χ1) is 6.58. The summed E-state index contributed by atoms with van der Waals surface area (Å²) in [5.41, 5.74) is -0.381. The van der Waals surface area contributed by atoms with Crippen molar-refractivity contribution in [2.45, 2.75) is 52.2 Å². The lowest BCUT2D eigenvalue weighted by Crippen LogP contribution is -2.43. The van der Waals surface area contributed by atoms with E-state index in [9.17, 15) is 4.79 Å². The van der Waals surface area contributed by atoms with Gasteiger partial charge in [-0.15, -0.1) is 0 Å². The second kappa shape index (κ2) is 3.87. The molecule has 14 heavy (non-hydrogen) atoms. The summed E-state index contributed by atoms with van der Waals surface area (Å²) in [5.74, 6) is -2.37. The van der Waals surface area contributed by atoms with E-state index >= 15 is 0 Å². The van der Waals surface area contributed by atoms with E-state index in [2.05, 4.69) is 0 Å². The minimum atomic E-state index is -1.37. The van der Waals surface area contributed by atoms with Crippen LogP contribution in [0, 0.1) is 5.41 Å². The van der Waals surface area contributed by atoms with Crippen LogP contribution in [0.3, 0.4) is 0 Å². The zero-order chi connectivity index (χ0) is 10.8. The van der Waals surface area contributed by atoms with Crippen LogP contribution in [0.1, 0.15) is 46.5 Å². The van der Waals surface area contributed by atoms with Gasteiger partial charge in [0.1, 0.15) is 0 Å². The van der Waals surface area contributed by atoms with Gasteiger partial charge in [0, 0.05) is 5.41 Å². The van der Waals surface area contributed by atoms with E-state index in [4.69, 9.17) is 14.9 Å². The van der Waals surface area contributed by atoms with Crippen LogP contribution < -0.4 is 0 Å². The molecule has 0 unspecified atom stereocenters. The van der Waals surface area contributed by atoms with Gasteiger partial charge in [-0.3, -0.25) is 0 Å². The molecule has 0 radical (unpaired) electrons. The molecule has 4 nitrogen and oxygen atoms in total. The molecule has 1 aliphatic heterocycles. The number of aliphatic carboxylic acids is 1. The molecule has 4 heteroatoms. The van der Waals surface area contributed by atoms with Crippen LogP contribution in [-0.2, 0) is 14.6 Å². The van der Waals surface area contributed by atoms with Crippen LogP contribution in [0.4, 0.5) is 0 Å². The Bertz CT molecular complexity index is 216. The monoisotopic (exact) mass is 202 g/mol. The fraction of sp³-hybridized carbons (Fsp3) is 0.900. The van der Waals surface area contributed by atoms with Gasteiger partial charge in [-0.25, -0.2) is 4.79 Å². The van der Waals surface area contributed by atoms with Gasteiger partial charge in [0.25, 0.3) is 0 Å². The Morgan fingerprint density at radius 2 is 1.79 bits per heavy atom. The number of hydrogen-bond donors (Lipinski definition) is 1. The van der Waals surface area contributed by atoms with Gasteiger partial charge >= 0.3 is 11.8 Å². The average Bonchev–Trinajstić information content (AvgIpc) is 2.95. The molecule has 0 saturated carbocycles. The maximum absolute atomic E-state index is 11.1. The fourth-order valence-electron chi connectivity index (χ4n) is 2.23. The average molecular weight is 202 g/mol. The van der Waals surface area contributed by atoms with Crippen molar-refractivity contribution >= 4 is 5.97 Å². The van der Waals surface area contributed by atoms with E-state index in [1.165, 1.54) is 0 Å². The first-order valence-electron chi connectivity index (χ1n) is 5.18. The van der Waals surface area contributed by atoms with Crippen molar-refractivity contribution < 1.29 is 19.7 Å². The summed E-state index contributed by atoms with van der Waals surface area (Å²) in [6.45, 7) is 6.00. The highest BCUT2D eigenvalue weighted by Crippen LogP contribution is 2.53. The number of hydrogen-bond acceptors (Lipinski definition) is 3. The second-order valence-corrected chi connectivity index (χ2v) is 3.83. The summed E-state index contributed by atoms with van der Waals surface area (Å²) in [7, 11) is 0. The third-order valence-corrected chi connectivity index (χ3v) is 3.31. The number of carboxylic acids is 1. The molecule has 0 aromatic rings. The maximum atomic E-state index is 11.1. The SMILES string of the molecule is CCCC(CC)(CC)C1(C(=O)O)OO1. The normalized spacial score (nSPS) is 19.4. The number of rotatable bonds is 6. The van der Waals surface area contributed by atoms with Gasteiger partial charge in [-0.05, 0) is 19.3 Å². The van der Waals surface area contributed by atoms with Crippen LogP contribution in [0.25, 0.3) is 0 Å². The second-order valence-electron chi connectivity index (χ2n) is 3.83. The summed E-state index contributed by atoms with van der Waals surface area (Å²) in [5, 5.41) is 9.08. The maximum Gasteiger partial charge on any atom is 0.370 e. The lowest BCUT2D eigenvalue weighted by Gasteiger charge is -2.31. The van der Waals surface area contributed by atoms with Gasteiger partial charge in [-0.2, -0.15) is 9.78 Å². The van der Waals surface area contributed by atoms with Gasteiger partial charge in [0.15, 0.2) is 0 Å². The molecular formula is C10H18O4. The molecule has 1 rings (SSSR count). The first-order valence-corrected chi connectivity index (χ1v) is 5.18. The molecule has 82 valence electrons. The molecule has 0 amide bonds. The van der Waals surface area contributed by atoms with Crippen molar-refractivity contribution in [1.29, 1.82) is 0 Å². The van der Waals surface area contributed by atoms with E-state index in [1.54, 1.807) is 0 Å². The standard InChI is InChI=1S/C10H18O4/c1-4-7-9(5-2,6-3)10(8(11)12)13-14-10/h4-7H2,1-3H3,(H,11,12). The quantitative estimate of drug-likeness (QED) is 0.530. The molecule has 1 heterocycles. The predicted octanol–water partition coefficient (Wildman–Crippen LogP) is 2.34. The van der Waals surface area contributed by atoms with Gasteiger partial charge in [0.2, 0.25) is 0 Å². The summed E-state index contributed by atoms with van der Waals surface area (Å²) < 4.78 is 0. The predicted molar refractivity (Wildman–Crippen MR) is 50.5 cm³/mol.